The van der Waals surface area contributed by atoms with Crippen LogP contribution < -0.4 is 5.32 Å². The third-order valence-corrected chi connectivity index (χ3v) is 3.41. The Balaban J connectivity index is 2.57. The molecule has 0 amide bonds. The molecule has 1 heterocycles. The maximum atomic E-state index is 4.22. The summed E-state index contributed by atoms with van der Waals surface area (Å²) in [7, 11) is 0. The molecular formula is C12H23N3S. The molecule has 0 bridgehead atoms. The van der Waals surface area contributed by atoms with Gasteiger partial charge >= 0.3 is 0 Å². The van der Waals surface area contributed by atoms with Crippen LogP contribution in [0.15, 0.2) is 12.5 Å². The summed E-state index contributed by atoms with van der Waals surface area (Å²) in [6.45, 7) is 10.7. The van der Waals surface area contributed by atoms with E-state index in [9.17, 15) is 0 Å². The van der Waals surface area contributed by atoms with E-state index in [0.29, 0.717) is 5.25 Å². The number of aromatic nitrogens is 2. The van der Waals surface area contributed by atoms with Gasteiger partial charge < -0.3 is 9.88 Å². The first kappa shape index (κ1) is 13.6. The van der Waals surface area contributed by atoms with Crippen molar-refractivity contribution in [2.75, 3.05) is 6.26 Å². The van der Waals surface area contributed by atoms with Gasteiger partial charge in [0.1, 0.15) is 0 Å². The maximum absolute atomic E-state index is 4.22. The number of hydrogen-bond donors (Lipinski definition) is 1. The van der Waals surface area contributed by atoms with E-state index in [4.69, 9.17) is 0 Å². The zero-order chi connectivity index (χ0) is 12.2. The van der Waals surface area contributed by atoms with Gasteiger partial charge in [0.05, 0.1) is 12.0 Å². The van der Waals surface area contributed by atoms with Gasteiger partial charge in [-0.15, -0.1) is 0 Å². The molecule has 1 rings (SSSR count). The molecule has 0 aromatic carbocycles. The van der Waals surface area contributed by atoms with E-state index in [-0.39, 0.29) is 5.54 Å². The SMILES string of the molecule is CSC(C)Cn1cncc1CNC(C)(C)C. The summed E-state index contributed by atoms with van der Waals surface area (Å²) in [6.07, 6.45) is 6.02. The van der Waals surface area contributed by atoms with Crippen LogP contribution in [-0.2, 0) is 13.1 Å². The number of nitrogens with zero attached hydrogens (tertiary/aromatic N) is 2. The summed E-state index contributed by atoms with van der Waals surface area (Å²) < 4.78 is 2.24. The van der Waals surface area contributed by atoms with Gasteiger partial charge in [0.25, 0.3) is 0 Å². The first-order valence-corrected chi connectivity index (χ1v) is 6.98. The Bertz CT molecular complexity index is 314. The Morgan fingerprint density at radius 3 is 2.75 bits per heavy atom. The second kappa shape index (κ2) is 5.73. The van der Waals surface area contributed by atoms with Gasteiger partial charge in [-0.2, -0.15) is 11.8 Å². The standard InChI is InChI=1S/C12H23N3S/c1-10(16-5)8-15-9-13-6-11(15)7-14-12(2,3)4/h6,9-10,14H,7-8H2,1-5H3. The van der Waals surface area contributed by atoms with E-state index in [1.165, 1.54) is 5.69 Å². The van der Waals surface area contributed by atoms with Crippen LogP contribution in [0.2, 0.25) is 0 Å². The third-order valence-electron chi connectivity index (χ3n) is 2.45. The molecule has 1 aromatic rings. The molecule has 0 fully saturated rings. The van der Waals surface area contributed by atoms with E-state index < -0.39 is 0 Å². The average Bonchev–Trinajstić information content (AvgIpc) is 2.61. The molecule has 92 valence electrons. The van der Waals surface area contributed by atoms with Crippen molar-refractivity contribution in [3.8, 4) is 0 Å². The smallest absolute Gasteiger partial charge is 0.0948 e. The van der Waals surface area contributed by atoms with Crippen LogP contribution in [0.1, 0.15) is 33.4 Å². The quantitative estimate of drug-likeness (QED) is 0.859. The zero-order valence-electron chi connectivity index (χ0n) is 10.9. The molecule has 0 saturated heterocycles. The molecule has 0 saturated carbocycles. The van der Waals surface area contributed by atoms with Crippen LogP contribution in [0.5, 0.6) is 0 Å². The molecule has 0 aliphatic heterocycles. The van der Waals surface area contributed by atoms with Crippen LogP contribution in [-0.4, -0.2) is 26.6 Å². The second-order valence-electron chi connectivity index (χ2n) is 5.19. The summed E-state index contributed by atoms with van der Waals surface area (Å²) in [5.41, 5.74) is 1.41. The molecule has 4 heteroatoms. The lowest BCUT2D eigenvalue weighted by Crippen LogP contribution is -2.35. The highest BCUT2D eigenvalue weighted by atomic mass is 32.2. The van der Waals surface area contributed by atoms with Crippen LogP contribution in [0.25, 0.3) is 0 Å². The van der Waals surface area contributed by atoms with Crippen molar-refractivity contribution in [3.63, 3.8) is 0 Å². The van der Waals surface area contributed by atoms with Gasteiger partial charge in [-0.05, 0) is 27.0 Å². The number of imidazole rings is 1. The highest BCUT2D eigenvalue weighted by molar-refractivity contribution is 7.99. The molecule has 1 unspecified atom stereocenters. The molecule has 0 radical (unpaired) electrons. The number of nitrogens with one attached hydrogen (secondary N) is 1. The fraction of sp³-hybridized carbons (Fsp3) is 0.750. The second-order valence-corrected chi connectivity index (χ2v) is 6.46. The van der Waals surface area contributed by atoms with E-state index in [2.05, 4.69) is 48.8 Å². The first-order valence-electron chi connectivity index (χ1n) is 5.69. The molecule has 0 aliphatic rings. The van der Waals surface area contributed by atoms with Gasteiger partial charge in [-0.25, -0.2) is 4.98 Å². The molecule has 3 nitrogen and oxygen atoms in total. The monoisotopic (exact) mass is 241 g/mol. The highest BCUT2D eigenvalue weighted by Gasteiger charge is 2.11. The van der Waals surface area contributed by atoms with Crippen LogP contribution >= 0.6 is 11.8 Å². The van der Waals surface area contributed by atoms with Gasteiger partial charge in [-0.1, -0.05) is 6.92 Å². The van der Waals surface area contributed by atoms with Gasteiger partial charge in [0.15, 0.2) is 0 Å². The molecule has 1 N–H and O–H groups in total. The van der Waals surface area contributed by atoms with Crippen LogP contribution in [0, 0.1) is 0 Å². The fourth-order valence-electron chi connectivity index (χ4n) is 1.37. The number of hydrogen-bond acceptors (Lipinski definition) is 3. The lowest BCUT2D eigenvalue weighted by atomic mass is 10.1. The average molecular weight is 241 g/mol. The fourth-order valence-corrected chi connectivity index (χ4v) is 1.68. The van der Waals surface area contributed by atoms with E-state index in [0.717, 1.165) is 13.1 Å². The van der Waals surface area contributed by atoms with Crippen molar-refractivity contribution in [2.45, 2.75) is 51.6 Å². The Morgan fingerprint density at radius 1 is 1.50 bits per heavy atom. The van der Waals surface area contributed by atoms with Crippen molar-refractivity contribution < 1.29 is 0 Å². The predicted octanol–water partition coefficient (Wildman–Crippen LogP) is 2.52. The summed E-state index contributed by atoms with van der Waals surface area (Å²) in [5.74, 6) is 0. The molecule has 1 aromatic heterocycles. The van der Waals surface area contributed by atoms with Gasteiger partial charge in [-0.3, -0.25) is 0 Å². The first-order chi connectivity index (χ1) is 7.42. The Labute approximate surface area is 103 Å². The Hall–Kier alpha value is -0.480. The minimum absolute atomic E-state index is 0.153. The van der Waals surface area contributed by atoms with Gasteiger partial charge in [0, 0.05) is 30.1 Å². The lowest BCUT2D eigenvalue weighted by molar-refractivity contribution is 0.415. The molecular weight excluding hydrogens is 218 g/mol. The van der Waals surface area contributed by atoms with Crippen molar-refractivity contribution in [1.82, 2.24) is 14.9 Å². The summed E-state index contributed by atoms with van der Waals surface area (Å²) in [5, 5.41) is 4.12. The van der Waals surface area contributed by atoms with E-state index in [1.54, 1.807) is 0 Å². The third kappa shape index (κ3) is 4.58. The minimum atomic E-state index is 0.153. The largest absolute Gasteiger partial charge is 0.332 e. The molecule has 0 aliphatic carbocycles. The Morgan fingerprint density at radius 2 is 2.19 bits per heavy atom. The predicted molar refractivity (Wildman–Crippen MR) is 71.8 cm³/mol. The van der Waals surface area contributed by atoms with Crippen molar-refractivity contribution in [2.24, 2.45) is 0 Å². The molecule has 1 atom stereocenters. The summed E-state index contributed by atoms with van der Waals surface area (Å²) in [4.78, 5) is 4.22. The van der Waals surface area contributed by atoms with Crippen molar-refractivity contribution >= 4 is 11.8 Å². The van der Waals surface area contributed by atoms with Crippen molar-refractivity contribution in [1.29, 1.82) is 0 Å². The summed E-state index contributed by atoms with van der Waals surface area (Å²) >= 11 is 1.89. The van der Waals surface area contributed by atoms with E-state index >= 15 is 0 Å². The van der Waals surface area contributed by atoms with Crippen LogP contribution in [0.4, 0.5) is 0 Å². The topological polar surface area (TPSA) is 29.9 Å². The Kier molecular flexibility index (Phi) is 4.87. The molecule has 0 spiro atoms. The van der Waals surface area contributed by atoms with Gasteiger partial charge in [0.2, 0.25) is 0 Å². The lowest BCUT2D eigenvalue weighted by Gasteiger charge is -2.21. The zero-order valence-corrected chi connectivity index (χ0v) is 11.8. The van der Waals surface area contributed by atoms with Crippen molar-refractivity contribution in [3.05, 3.63) is 18.2 Å². The highest BCUT2D eigenvalue weighted by Crippen LogP contribution is 2.11. The molecule has 16 heavy (non-hydrogen) atoms. The van der Waals surface area contributed by atoms with Crippen LogP contribution in [0.3, 0.4) is 0 Å². The normalized spacial score (nSPS) is 14.1. The van der Waals surface area contributed by atoms with E-state index in [1.807, 2.05) is 24.3 Å². The number of rotatable bonds is 5. The summed E-state index contributed by atoms with van der Waals surface area (Å²) in [6, 6.07) is 0. The maximum Gasteiger partial charge on any atom is 0.0948 e. The minimum Gasteiger partial charge on any atom is -0.332 e. The number of thioether (sulfide) groups is 1.